The Morgan fingerprint density at radius 1 is 1.35 bits per heavy atom. The third-order valence-corrected chi connectivity index (χ3v) is 4.46. The van der Waals surface area contributed by atoms with Crippen molar-refractivity contribution in [3.63, 3.8) is 0 Å². The summed E-state index contributed by atoms with van der Waals surface area (Å²) in [6.07, 6.45) is 4.51. The van der Waals surface area contributed by atoms with E-state index in [9.17, 15) is 4.79 Å². The van der Waals surface area contributed by atoms with Crippen LogP contribution in [0, 0.1) is 12.8 Å². The molecule has 4 heteroatoms. The lowest BCUT2D eigenvalue weighted by molar-refractivity contribution is 0.415. The smallest absolute Gasteiger partial charge is 0.272 e. The molecule has 1 fully saturated rings. The molecule has 0 aliphatic heterocycles. The number of hydrogen-bond acceptors (Lipinski definition) is 3. The first kappa shape index (κ1) is 13.3. The number of para-hydroxylation sites is 2. The molecule has 0 radical (unpaired) electrons. The topological polar surface area (TPSA) is 60.9 Å². The molecule has 1 aromatic carbocycles. The molecule has 1 aliphatic rings. The molecule has 2 unspecified atom stereocenters. The first-order valence-corrected chi connectivity index (χ1v) is 7.38. The third kappa shape index (κ3) is 2.36. The maximum absolute atomic E-state index is 12.3. The minimum atomic E-state index is 0.0234. The molecule has 1 heterocycles. The molecule has 106 valence electrons. The molecule has 2 atom stereocenters. The van der Waals surface area contributed by atoms with Crippen molar-refractivity contribution in [2.24, 2.45) is 11.7 Å². The van der Waals surface area contributed by atoms with Crippen LogP contribution >= 0.6 is 0 Å². The van der Waals surface area contributed by atoms with Crippen molar-refractivity contribution < 1.29 is 0 Å². The molecule has 0 amide bonds. The second-order valence-corrected chi connectivity index (χ2v) is 5.79. The van der Waals surface area contributed by atoms with Crippen LogP contribution in [0.25, 0.3) is 11.0 Å². The van der Waals surface area contributed by atoms with Gasteiger partial charge in [0.2, 0.25) is 0 Å². The van der Waals surface area contributed by atoms with Gasteiger partial charge in [-0.25, -0.2) is 4.98 Å². The van der Waals surface area contributed by atoms with Crippen LogP contribution in [0.3, 0.4) is 0 Å². The van der Waals surface area contributed by atoms with Gasteiger partial charge in [0.1, 0.15) is 5.69 Å². The average molecular weight is 271 g/mol. The van der Waals surface area contributed by atoms with Gasteiger partial charge < -0.3 is 10.3 Å². The van der Waals surface area contributed by atoms with Crippen molar-refractivity contribution in [2.75, 3.05) is 0 Å². The summed E-state index contributed by atoms with van der Waals surface area (Å²) in [5, 5.41) is 0. The average Bonchev–Trinajstić information content (AvgIpc) is 2.85. The summed E-state index contributed by atoms with van der Waals surface area (Å²) < 4.78 is 1.86. The Balaban J connectivity index is 1.93. The van der Waals surface area contributed by atoms with Gasteiger partial charge >= 0.3 is 0 Å². The Morgan fingerprint density at radius 2 is 2.15 bits per heavy atom. The lowest BCUT2D eigenvalue weighted by Crippen LogP contribution is -2.29. The number of aromatic nitrogens is 2. The van der Waals surface area contributed by atoms with Gasteiger partial charge in [-0.3, -0.25) is 4.79 Å². The summed E-state index contributed by atoms with van der Waals surface area (Å²) in [5.74, 6) is 0.550. The van der Waals surface area contributed by atoms with Gasteiger partial charge in [0, 0.05) is 12.6 Å². The Labute approximate surface area is 118 Å². The zero-order chi connectivity index (χ0) is 14.1. The number of rotatable bonds is 3. The van der Waals surface area contributed by atoms with Crippen LogP contribution in [-0.2, 0) is 6.54 Å². The SMILES string of the molecule is Cc1nc2ccccc2n(CCC2CCCC2N)c1=O. The van der Waals surface area contributed by atoms with E-state index in [0.29, 0.717) is 17.7 Å². The van der Waals surface area contributed by atoms with Crippen molar-refractivity contribution in [1.82, 2.24) is 9.55 Å². The largest absolute Gasteiger partial charge is 0.327 e. The Hall–Kier alpha value is -1.68. The molecule has 20 heavy (non-hydrogen) atoms. The van der Waals surface area contributed by atoms with Crippen molar-refractivity contribution in [1.29, 1.82) is 0 Å². The van der Waals surface area contributed by atoms with Crippen LogP contribution in [0.2, 0.25) is 0 Å². The van der Waals surface area contributed by atoms with Gasteiger partial charge in [-0.1, -0.05) is 18.6 Å². The van der Waals surface area contributed by atoms with E-state index in [1.165, 1.54) is 12.8 Å². The fraction of sp³-hybridized carbons (Fsp3) is 0.500. The Kier molecular flexibility index (Phi) is 3.57. The van der Waals surface area contributed by atoms with E-state index in [1.807, 2.05) is 28.8 Å². The van der Waals surface area contributed by atoms with E-state index in [4.69, 9.17) is 5.73 Å². The standard InChI is InChI=1S/C16H21N3O/c1-11-16(20)19(10-9-12-5-4-6-13(12)17)15-8-3-2-7-14(15)18-11/h2-3,7-8,12-13H,4-6,9-10,17H2,1H3. The molecule has 1 aromatic heterocycles. The number of hydrogen-bond donors (Lipinski definition) is 1. The zero-order valence-corrected chi connectivity index (χ0v) is 11.9. The van der Waals surface area contributed by atoms with Crippen molar-refractivity contribution in [2.45, 2.75) is 45.2 Å². The normalized spacial score (nSPS) is 22.5. The van der Waals surface area contributed by atoms with E-state index in [-0.39, 0.29) is 5.56 Å². The van der Waals surface area contributed by atoms with E-state index >= 15 is 0 Å². The zero-order valence-electron chi connectivity index (χ0n) is 11.9. The highest BCUT2D eigenvalue weighted by Crippen LogP contribution is 2.27. The molecule has 2 N–H and O–H groups in total. The van der Waals surface area contributed by atoms with Gasteiger partial charge in [-0.2, -0.15) is 0 Å². The summed E-state index contributed by atoms with van der Waals surface area (Å²) in [4.78, 5) is 16.7. The number of aryl methyl sites for hydroxylation is 2. The van der Waals surface area contributed by atoms with Crippen LogP contribution < -0.4 is 11.3 Å². The van der Waals surface area contributed by atoms with Crippen molar-refractivity contribution in [3.05, 3.63) is 40.3 Å². The van der Waals surface area contributed by atoms with Gasteiger partial charge in [0.25, 0.3) is 5.56 Å². The summed E-state index contributed by atoms with van der Waals surface area (Å²) in [5.41, 5.74) is 8.53. The summed E-state index contributed by atoms with van der Waals surface area (Å²) in [6.45, 7) is 2.52. The molecule has 2 aromatic rings. The van der Waals surface area contributed by atoms with Crippen LogP contribution in [0.4, 0.5) is 0 Å². The predicted molar refractivity (Wildman–Crippen MR) is 80.7 cm³/mol. The number of nitrogens with zero attached hydrogens (tertiary/aromatic N) is 2. The first-order valence-electron chi connectivity index (χ1n) is 7.38. The van der Waals surface area contributed by atoms with E-state index < -0.39 is 0 Å². The van der Waals surface area contributed by atoms with Crippen LogP contribution in [0.15, 0.2) is 29.1 Å². The molecule has 1 aliphatic carbocycles. The Bertz CT molecular complexity index is 677. The summed E-state index contributed by atoms with van der Waals surface area (Å²) in [7, 11) is 0. The number of benzene rings is 1. The highest BCUT2D eigenvalue weighted by molar-refractivity contribution is 5.74. The summed E-state index contributed by atoms with van der Waals surface area (Å²) >= 11 is 0. The second-order valence-electron chi connectivity index (χ2n) is 5.79. The second kappa shape index (κ2) is 5.37. The number of nitrogens with two attached hydrogens (primary N) is 1. The Morgan fingerprint density at radius 3 is 2.90 bits per heavy atom. The molecule has 4 nitrogen and oxygen atoms in total. The number of fused-ring (bicyclic) bond motifs is 1. The first-order chi connectivity index (χ1) is 9.66. The van der Waals surface area contributed by atoms with Crippen LogP contribution in [0.5, 0.6) is 0 Å². The monoisotopic (exact) mass is 271 g/mol. The molecule has 1 saturated carbocycles. The fourth-order valence-electron chi connectivity index (χ4n) is 3.26. The lowest BCUT2D eigenvalue weighted by Gasteiger charge is -2.17. The van der Waals surface area contributed by atoms with E-state index in [2.05, 4.69) is 4.98 Å². The maximum Gasteiger partial charge on any atom is 0.272 e. The molecule has 3 rings (SSSR count). The highest BCUT2D eigenvalue weighted by atomic mass is 16.1. The molecular weight excluding hydrogens is 250 g/mol. The van der Waals surface area contributed by atoms with Gasteiger partial charge in [-0.15, -0.1) is 0 Å². The minimum absolute atomic E-state index is 0.0234. The van der Waals surface area contributed by atoms with Crippen molar-refractivity contribution in [3.8, 4) is 0 Å². The maximum atomic E-state index is 12.3. The predicted octanol–water partition coefficient (Wildman–Crippen LogP) is 2.22. The molecule has 0 bridgehead atoms. The van der Waals surface area contributed by atoms with Crippen LogP contribution in [0.1, 0.15) is 31.4 Å². The quantitative estimate of drug-likeness (QED) is 0.931. The van der Waals surface area contributed by atoms with E-state index in [0.717, 1.165) is 30.4 Å². The highest BCUT2D eigenvalue weighted by Gasteiger charge is 2.23. The van der Waals surface area contributed by atoms with Crippen LogP contribution in [-0.4, -0.2) is 15.6 Å². The fourth-order valence-corrected chi connectivity index (χ4v) is 3.26. The molecule has 0 saturated heterocycles. The molecular formula is C16H21N3O. The van der Waals surface area contributed by atoms with Gasteiger partial charge in [-0.05, 0) is 44.2 Å². The van der Waals surface area contributed by atoms with Gasteiger partial charge in [0.05, 0.1) is 11.0 Å². The van der Waals surface area contributed by atoms with E-state index in [1.54, 1.807) is 6.92 Å². The minimum Gasteiger partial charge on any atom is -0.327 e. The third-order valence-electron chi connectivity index (χ3n) is 4.46. The molecule has 0 spiro atoms. The lowest BCUT2D eigenvalue weighted by atomic mass is 10.0. The van der Waals surface area contributed by atoms with Crippen molar-refractivity contribution >= 4 is 11.0 Å². The summed E-state index contributed by atoms with van der Waals surface area (Å²) in [6, 6.07) is 8.14. The van der Waals surface area contributed by atoms with Gasteiger partial charge in [0.15, 0.2) is 0 Å².